The van der Waals surface area contributed by atoms with E-state index in [0.717, 1.165) is 58.7 Å². The normalized spacial score (nSPS) is 19.2. The number of rotatable bonds is 7. The number of hydrogen-bond donors (Lipinski definition) is 1. The molecule has 4 nitrogen and oxygen atoms in total. The third-order valence-electron chi connectivity index (χ3n) is 5.84. The number of carbonyl (C=O) groups excluding carboxylic acids is 1. The van der Waals surface area contributed by atoms with Crippen molar-refractivity contribution in [2.24, 2.45) is 11.8 Å². The zero-order valence-electron chi connectivity index (χ0n) is 18.7. The first-order chi connectivity index (χ1) is 15.5. The van der Waals surface area contributed by atoms with E-state index in [-0.39, 0.29) is 5.91 Å². The van der Waals surface area contributed by atoms with Crippen molar-refractivity contribution in [2.45, 2.75) is 36.6 Å². The molecule has 0 unspecified atom stereocenters. The van der Waals surface area contributed by atoms with Crippen molar-refractivity contribution in [1.82, 2.24) is 15.2 Å². The van der Waals surface area contributed by atoms with Crippen LogP contribution < -0.4 is 5.32 Å². The molecule has 4 rings (SSSR count). The van der Waals surface area contributed by atoms with E-state index in [1.807, 2.05) is 54.6 Å². The molecular weight excluding hydrogens is 438 g/mol. The van der Waals surface area contributed by atoms with Crippen LogP contribution >= 0.6 is 23.4 Å². The number of nitrogens with zero attached hydrogens (tertiary/aromatic N) is 2. The molecule has 1 aliphatic heterocycles. The van der Waals surface area contributed by atoms with Gasteiger partial charge in [-0.05, 0) is 61.6 Å². The Morgan fingerprint density at radius 3 is 2.69 bits per heavy atom. The van der Waals surface area contributed by atoms with Gasteiger partial charge >= 0.3 is 0 Å². The molecule has 1 fully saturated rings. The maximum Gasteiger partial charge on any atom is 0.252 e. The number of para-hydroxylation sites is 1. The Bertz CT molecular complexity index is 1080. The number of pyridine rings is 1. The fourth-order valence-corrected chi connectivity index (χ4v) is 5.77. The number of benzene rings is 2. The lowest BCUT2D eigenvalue weighted by Gasteiger charge is -2.34. The van der Waals surface area contributed by atoms with E-state index in [0.29, 0.717) is 17.1 Å². The van der Waals surface area contributed by atoms with Crippen LogP contribution in [0.1, 0.15) is 37.0 Å². The van der Waals surface area contributed by atoms with Crippen LogP contribution in [0, 0.1) is 11.8 Å². The van der Waals surface area contributed by atoms with Crippen LogP contribution in [0.2, 0.25) is 5.02 Å². The van der Waals surface area contributed by atoms with Crippen molar-refractivity contribution in [3.8, 4) is 0 Å². The number of halogens is 1. The van der Waals surface area contributed by atoms with E-state index in [1.165, 1.54) is 18.2 Å². The Morgan fingerprint density at radius 1 is 1.12 bits per heavy atom. The van der Waals surface area contributed by atoms with Gasteiger partial charge in [-0.2, -0.15) is 0 Å². The fraction of sp³-hybridized carbons (Fsp3) is 0.385. The molecule has 0 spiro atoms. The van der Waals surface area contributed by atoms with Crippen LogP contribution in [-0.4, -0.2) is 42.0 Å². The van der Waals surface area contributed by atoms with Crippen LogP contribution in [0.15, 0.2) is 64.5 Å². The number of carbonyl (C=O) groups is 1. The summed E-state index contributed by atoms with van der Waals surface area (Å²) in [5.74, 6) is 1.47. The summed E-state index contributed by atoms with van der Waals surface area (Å²) >= 11 is 7.64. The van der Waals surface area contributed by atoms with Gasteiger partial charge in [0.05, 0.1) is 11.1 Å². The lowest BCUT2D eigenvalue weighted by Crippen LogP contribution is -2.40. The van der Waals surface area contributed by atoms with Gasteiger partial charge in [0.25, 0.3) is 5.91 Å². The number of piperidine rings is 1. The molecule has 168 valence electrons. The van der Waals surface area contributed by atoms with Crippen molar-refractivity contribution in [3.05, 3.63) is 65.2 Å². The summed E-state index contributed by atoms with van der Waals surface area (Å²) in [6, 6.07) is 17.4. The fourth-order valence-electron chi connectivity index (χ4n) is 4.62. The second-order valence-electron chi connectivity index (χ2n) is 8.90. The maximum absolute atomic E-state index is 13.1. The Kier molecular flexibility index (Phi) is 7.71. The molecule has 2 atom stereocenters. The van der Waals surface area contributed by atoms with Crippen molar-refractivity contribution < 1.29 is 4.79 Å². The number of likely N-dealkylation sites (tertiary alicyclic amines) is 1. The van der Waals surface area contributed by atoms with Gasteiger partial charge in [0.2, 0.25) is 0 Å². The molecular formula is C26H30ClN3OS. The van der Waals surface area contributed by atoms with Crippen molar-refractivity contribution >= 4 is 40.2 Å². The molecule has 32 heavy (non-hydrogen) atoms. The Labute approximate surface area is 199 Å². The van der Waals surface area contributed by atoms with Gasteiger partial charge < -0.3 is 10.2 Å². The van der Waals surface area contributed by atoms with Crippen LogP contribution in [0.5, 0.6) is 0 Å². The highest BCUT2D eigenvalue weighted by Crippen LogP contribution is 2.31. The largest absolute Gasteiger partial charge is 0.352 e. The van der Waals surface area contributed by atoms with E-state index in [2.05, 4.69) is 24.1 Å². The predicted octanol–water partition coefficient (Wildman–Crippen LogP) is 6.14. The molecule has 1 aromatic heterocycles. The summed E-state index contributed by atoms with van der Waals surface area (Å²) in [5, 5.41) is 5.47. The minimum absolute atomic E-state index is 0.0445. The first-order valence-electron chi connectivity index (χ1n) is 11.3. The maximum atomic E-state index is 13.1. The number of hydrogen-bond acceptors (Lipinski definition) is 4. The standard InChI is InChI=1S/C26H30ClN3OS/c1-18-13-19(2)17-30(16-18)12-6-11-28-26(31)23-15-25(29-24-10-4-3-9-22(23)24)32-21-8-5-7-20(27)14-21/h3-5,7-10,14-15,18-19H,6,11-13,16-17H2,1-2H3,(H,28,31)/t18-,19-/m0/s1. The zero-order valence-corrected chi connectivity index (χ0v) is 20.3. The smallest absolute Gasteiger partial charge is 0.252 e. The summed E-state index contributed by atoms with van der Waals surface area (Å²) in [4.78, 5) is 21.4. The van der Waals surface area contributed by atoms with Gasteiger partial charge in [-0.15, -0.1) is 0 Å². The van der Waals surface area contributed by atoms with Gasteiger partial charge in [0.1, 0.15) is 5.03 Å². The van der Waals surface area contributed by atoms with Gasteiger partial charge in [-0.25, -0.2) is 4.98 Å². The lowest BCUT2D eigenvalue weighted by molar-refractivity contribution is 0.0948. The summed E-state index contributed by atoms with van der Waals surface area (Å²) in [6.07, 6.45) is 2.27. The number of amides is 1. The van der Waals surface area contributed by atoms with Crippen molar-refractivity contribution in [3.63, 3.8) is 0 Å². The molecule has 1 N–H and O–H groups in total. The van der Waals surface area contributed by atoms with E-state index >= 15 is 0 Å². The SMILES string of the molecule is C[C@H]1C[C@H](C)CN(CCCNC(=O)c2cc(Sc3cccc(Cl)c3)nc3ccccc23)C1. The molecule has 1 amide bonds. The van der Waals surface area contributed by atoms with Crippen LogP contribution in [0.4, 0.5) is 0 Å². The topological polar surface area (TPSA) is 45.2 Å². The summed E-state index contributed by atoms with van der Waals surface area (Å²) < 4.78 is 0. The van der Waals surface area contributed by atoms with Crippen LogP contribution in [0.3, 0.4) is 0 Å². The molecule has 0 aliphatic carbocycles. The summed E-state index contributed by atoms with van der Waals surface area (Å²) in [5.41, 5.74) is 1.49. The molecule has 2 heterocycles. The average molecular weight is 468 g/mol. The van der Waals surface area contributed by atoms with Gasteiger partial charge in [-0.1, -0.05) is 61.5 Å². The number of fused-ring (bicyclic) bond motifs is 1. The van der Waals surface area contributed by atoms with E-state index in [1.54, 1.807) is 0 Å². The highest BCUT2D eigenvalue weighted by molar-refractivity contribution is 7.99. The van der Waals surface area contributed by atoms with Crippen molar-refractivity contribution in [1.29, 1.82) is 0 Å². The molecule has 0 radical (unpaired) electrons. The minimum atomic E-state index is -0.0445. The monoisotopic (exact) mass is 467 g/mol. The Morgan fingerprint density at radius 2 is 1.91 bits per heavy atom. The van der Waals surface area contributed by atoms with Gasteiger partial charge in [-0.3, -0.25) is 4.79 Å². The van der Waals surface area contributed by atoms with E-state index < -0.39 is 0 Å². The minimum Gasteiger partial charge on any atom is -0.352 e. The van der Waals surface area contributed by atoms with E-state index in [9.17, 15) is 4.79 Å². The highest BCUT2D eigenvalue weighted by Gasteiger charge is 2.21. The van der Waals surface area contributed by atoms with E-state index in [4.69, 9.17) is 16.6 Å². The first kappa shape index (κ1) is 23.1. The highest BCUT2D eigenvalue weighted by atomic mass is 35.5. The average Bonchev–Trinajstić information content (AvgIpc) is 2.75. The Balaban J connectivity index is 1.43. The number of aromatic nitrogens is 1. The summed E-state index contributed by atoms with van der Waals surface area (Å²) in [7, 11) is 0. The first-order valence-corrected chi connectivity index (χ1v) is 12.5. The van der Waals surface area contributed by atoms with Crippen LogP contribution in [-0.2, 0) is 0 Å². The van der Waals surface area contributed by atoms with Crippen LogP contribution in [0.25, 0.3) is 10.9 Å². The lowest BCUT2D eigenvalue weighted by atomic mass is 9.92. The quantitative estimate of drug-likeness (QED) is 0.424. The Hall–Kier alpha value is -2.08. The number of nitrogens with one attached hydrogen (secondary N) is 1. The third kappa shape index (κ3) is 6.03. The molecule has 3 aromatic rings. The molecule has 1 saturated heterocycles. The molecule has 1 aliphatic rings. The van der Waals surface area contributed by atoms with Gasteiger partial charge in [0.15, 0.2) is 0 Å². The molecule has 0 saturated carbocycles. The second kappa shape index (κ2) is 10.7. The zero-order chi connectivity index (χ0) is 22.5. The molecule has 0 bridgehead atoms. The molecule has 6 heteroatoms. The predicted molar refractivity (Wildman–Crippen MR) is 134 cm³/mol. The second-order valence-corrected chi connectivity index (χ2v) is 10.4. The summed E-state index contributed by atoms with van der Waals surface area (Å²) in [6.45, 7) is 8.69. The van der Waals surface area contributed by atoms with Crippen molar-refractivity contribution in [2.75, 3.05) is 26.2 Å². The molecule has 2 aromatic carbocycles. The third-order valence-corrected chi connectivity index (χ3v) is 6.98. The van der Waals surface area contributed by atoms with Gasteiger partial charge in [0, 0.05) is 34.9 Å².